The van der Waals surface area contributed by atoms with E-state index in [9.17, 15) is 10.2 Å². The smallest absolute Gasteiger partial charge is 0.120 e. The van der Waals surface area contributed by atoms with Gasteiger partial charge in [0.1, 0.15) is 11.5 Å². The Kier molecular flexibility index (Phi) is 5.99. The molecule has 2 rings (SSSR count). The molecule has 0 spiro atoms. The average Bonchev–Trinajstić information content (AvgIpc) is 2.56. The zero-order valence-electron chi connectivity index (χ0n) is 16.8. The van der Waals surface area contributed by atoms with Crippen LogP contribution in [-0.4, -0.2) is 21.3 Å². The van der Waals surface area contributed by atoms with E-state index in [-0.39, 0.29) is 11.1 Å². The summed E-state index contributed by atoms with van der Waals surface area (Å²) in [6.45, 7) is 13.8. The van der Waals surface area contributed by atoms with Crippen molar-refractivity contribution in [3.8, 4) is 11.5 Å². The molecule has 2 aromatic carbocycles. The van der Waals surface area contributed by atoms with E-state index in [2.05, 4.69) is 38.3 Å². The van der Waals surface area contributed by atoms with E-state index < -0.39 is 0 Å². The van der Waals surface area contributed by atoms with Crippen LogP contribution < -0.4 is 10.6 Å². The lowest BCUT2D eigenvalue weighted by atomic mass is 9.82. The lowest BCUT2D eigenvalue weighted by Gasteiger charge is -2.43. The van der Waals surface area contributed by atoms with Crippen LogP contribution in [-0.2, 0) is 13.1 Å². The van der Waals surface area contributed by atoms with Crippen molar-refractivity contribution in [2.75, 3.05) is 0 Å². The maximum Gasteiger partial charge on any atom is 0.120 e. The summed E-state index contributed by atoms with van der Waals surface area (Å²) < 4.78 is 0. The monoisotopic (exact) mass is 356 g/mol. The Balaban J connectivity index is 2.05. The highest BCUT2D eigenvalue weighted by molar-refractivity contribution is 5.36. The molecule has 0 aliphatic heterocycles. The van der Waals surface area contributed by atoms with Crippen molar-refractivity contribution in [2.24, 2.45) is 0 Å². The lowest BCUT2D eigenvalue weighted by molar-refractivity contribution is 0.188. The number of aryl methyl sites for hydroxylation is 2. The summed E-state index contributed by atoms with van der Waals surface area (Å²) in [7, 11) is 0. The third kappa shape index (κ3) is 4.77. The van der Waals surface area contributed by atoms with Crippen LogP contribution in [0.4, 0.5) is 0 Å². The molecule has 4 nitrogen and oxygen atoms in total. The van der Waals surface area contributed by atoms with Gasteiger partial charge >= 0.3 is 0 Å². The minimum atomic E-state index is -0.247. The van der Waals surface area contributed by atoms with Crippen molar-refractivity contribution in [1.82, 2.24) is 10.6 Å². The van der Waals surface area contributed by atoms with Gasteiger partial charge in [-0.15, -0.1) is 0 Å². The van der Waals surface area contributed by atoms with Gasteiger partial charge in [0.05, 0.1) is 0 Å². The number of nitrogens with one attached hydrogen (secondary N) is 2. The van der Waals surface area contributed by atoms with Crippen molar-refractivity contribution in [3.63, 3.8) is 0 Å². The maximum absolute atomic E-state index is 10.1. The van der Waals surface area contributed by atoms with Gasteiger partial charge in [0.2, 0.25) is 0 Å². The van der Waals surface area contributed by atoms with Gasteiger partial charge in [-0.1, -0.05) is 35.4 Å². The summed E-state index contributed by atoms with van der Waals surface area (Å²) in [5.41, 5.74) is 3.55. The molecule has 0 bridgehead atoms. The Morgan fingerprint density at radius 2 is 1.04 bits per heavy atom. The van der Waals surface area contributed by atoms with Crippen molar-refractivity contribution in [2.45, 2.75) is 65.7 Å². The first-order valence-electron chi connectivity index (χ1n) is 9.09. The molecule has 26 heavy (non-hydrogen) atoms. The molecular formula is C22H32N2O2. The molecule has 0 amide bonds. The Morgan fingerprint density at radius 3 is 1.38 bits per heavy atom. The number of benzene rings is 2. The van der Waals surface area contributed by atoms with Crippen LogP contribution in [0.2, 0.25) is 0 Å². The van der Waals surface area contributed by atoms with Crippen LogP contribution in [0.5, 0.6) is 11.5 Å². The third-order valence-corrected chi connectivity index (χ3v) is 5.47. The van der Waals surface area contributed by atoms with E-state index in [4.69, 9.17) is 0 Å². The molecule has 0 aliphatic carbocycles. The largest absolute Gasteiger partial charge is 0.508 e. The molecule has 142 valence electrons. The quantitative estimate of drug-likeness (QED) is 0.602. The zero-order chi connectivity index (χ0) is 19.5. The number of phenolic OH excluding ortho intramolecular Hbond substituents is 2. The first-order chi connectivity index (χ1) is 12.0. The van der Waals surface area contributed by atoms with Crippen LogP contribution in [0.3, 0.4) is 0 Å². The SMILES string of the molecule is Cc1ccc(O)c(CNC(C)(C)C(C)(C)NCc2cc(C)ccc2O)c1. The van der Waals surface area contributed by atoms with Gasteiger partial charge in [0.25, 0.3) is 0 Å². The summed E-state index contributed by atoms with van der Waals surface area (Å²) >= 11 is 0. The highest BCUT2D eigenvalue weighted by Gasteiger charge is 2.36. The number of hydrogen-bond acceptors (Lipinski definition) is 4. The molecule has 0 aromatic heterocycles. The fourth-order valence-electron chi connectivity index (χ4n) is 2.79. The van der Waals surface area contributed by atoms with E-state index in [0.29, 0.717) is 24.6 Å². The molecule has 0 heterocycles. The molecule has 2 aromatic rings. The maximum atomic E-state index is 10.1. The Bertz CT molecular complexity index is 701. The highest BCUT2D eigenvalue weighted by atomic mass is 16.3. The average molecular weight is 357 g/mol. The van der Waals surface area contributed by atoms with Gasteiger partial charge in [-0.05, 0) is 53.7 Å². The molecular weight excluding hydrogens is 324 g/mol. The summed E-state index contributed by atoms with van der Waals surface area (Å²) in [6, 6.07) is 11.3. The highest BCUT2D eigenvalue weighted by Crippen LogP contribution is 2.26. The fraction of sp³-hybridized carbons (Fsp3) is 0.455. The van der Waals surface area contributed by atoms with Crippen molar-refractivity contribution < 1.29 is 10.2 Å². The summed E-state index contributed by atoms with van der Waals surface area (Å²) in [5.74, 6) is 0.628. The minimum Gasteiger partial charge on any atom is -0.508 e. The predicted molar refractivity (Wildman–Crippen MR) is 108 cm³/mol. The Hall–Kier alpha value is -2.04. The summed E-state index contributed by atoms with van der Waals surface area (Å²) in [4.78, 5) is 0. The van der Waals surface area contributed by atoms with Gasteiger partial charge in [0, 0.05) is 35.3 Å². The second-order valence-corrected chi connectivity index (χ2v) is 8.22. The van der Waals surface area contributed by atoms with Gasteiger partial charge in [-0.25, -0.2) is 0 Å². The van der Waals surface area contributed by atoms with E-state index in [1.807, 2.05) is 38.1 Å². The number of rotatable bonds is 7. The van der Waals surface area contributed by atoms with Gasteiger partial charge in [0.15, 0.2) is 0 Å². The topological polar surface area (TPSA) is 64.5 Å². The minimum absolute atomic E-state index is 0.247. The summed E-state index contributed by atoms with van der Waals surface area (Å²) in [6.07, 6.45) is 0. The lowest BCUT2D eigenvalue weighted by Crippen LogP contribution is -2.62. The molecule has 4 heteroatoms. The molecule has 0 atom stereocenters. The van der Waals surface area contributed by atoms with Crippen LogP contribution in [0, 0.1) is 13.8 Å². The third-order valence-electron chi connectivity index (χ3n) is 5.47. The van der Waals surface area contributed by atoms with Gasteiger partial charge in [-0.2, -0.15) is 0 Å². The number of aromatic hydroxyl groups is 2. The van der Waals surface area contributed by atoms with E-state index in [1.165, 1.54) is 0 Å². The summed E-state index contributed by atoms with van der Waals surface area (Å²) in [5, 5.41) is 27.2. The van der Waals surface area contributed by atoms with E-state index >= 15 is 0 Å². The first kappa shape index (κ1) is 20.3. The molecule has 0 saturated heterocycles. The number of phenols is 2. The van der Waals surface area contributed by atoms with Crippen LogP contribution >= 0.6 is 0 Å². The van der Waals surface area contributed by atoms with Gasteiger partial charge in [-0.3, -0.25) is 0 Å². The van der Waals surface area contributed by atoms with E-state index in [0.717, 1.165) is 22.3 Å². The van der Waals surface area contributed by atoms with Crippen LogP contribution in [0.15, 0.2) is 36.4 Å². The Labute approximate surface area is 157 Å². The fourth-order valence-corrected chi connectivity index (χ4v) is 2.79. The second kappa shape index (κ2) is 7.68. The van der Waals surface area contributed by atoms with Crippen molar-refractivity contribution in [3.05, 3.63) is 58.7 Å². The molecule has 4 N–H and O–H groups in total. The van der Waals surface area contributed by atoms with Crippen LogP contribution in [0.1, 0.15) is 49.9 Å². The van der Waals surface area contributed by atoms with Gasteiger partial charge < -0.3 is 20.8 Å². The Morgan fingerprint density at radius 1 is 0.692 bits per heavy atom. The first-order valence-corrected chi connectivity index (χ1v) is 9.09. The molecule has 0 aliphatic rings. The standard InChI is InChI=1S/C22H32N2O2/c1-15-7-9-19(25)17(11-15)13-23-21(3,4)22(5,6)24-14-18-12-16(2)8-10-20(18)26/h7-12,23-26H,13-14H2,1-6H3. The normalized spacial score (nSPS) is 12.4. The zero-order valence-corrected chi connectivity index (χ0v) is 16.8. The molecule has 0 saturated carbocycles. The number of hydrogen-bond donors (Lipinski definition) is 4. The molecule has 0 unspecified atom stereocenters. The van der Waals surface area contributed by atoms with E-state index in [1.54, 1.807) is 12.1 Å². The molecule has 0 fully saturated rings. The van der Waals surface area contributed by atoms with Crippen molar-refractivity contribution in [1.29, 1.82) is 0 Å². The second-order valence-electron chi connectivity index (χ2n) is 8.22. The van der Waals surface area contributed by atoms with Crippen molar-refractivity contribution >= 4 is 0 Å². The predicted octanol–water partition coefficient (Wildman–Crippen LogP) is 4.15. The molecule has 0 radical (unpaired) electrons. The van der Waals surface area contributed by atoms with Crippen LogP contribution in [0.25, 0.3) is 0 Å².